The third-order valence-electron chi connectivity index (χ3n) is 11.3. The van der Waals surface area contributed by atoms with Crippen molar-refractivity contribution in [1.82, 2.24) is 9.13 Å². The number of rotatable bonds is 14. The van der Waals surface area contributed by atoms with Crippen LogP contribution in [0.25, 0.3) is 74.0 Å². The Morgan fingerprint density at radius 1 is 0.440 bits per heavy atom. The number of nitrogens with zero attached hydrogens (tertiary/aromatic N) is 2. The molecule has 3 aromatic heterocycles. The number of aromatic nitrogens is 2. The van der Waals surface area contributed by atoms with Gasteiger partial charge in [-0.1, -0.05) is 112 Å². The van der Waals surface area contributed by atoms with Crippen molar-refractivity contribution < 1.29 is 0 Å². The molecule has 0 aliphatic rings. The Labute approximate surface area is 297 Å². The summed E-state index contributed by atoms with van der Waals surface area (Å²) < 4.78 is 5.13. The molecule has 0 atom stereocenters. The molecule has 0 N–H and O–H groups in total. The van der Waals surface area contributed by atoms with E-state index in [1.54, 1.807) is 29.8 Å². The molecule has 0 unspecified atom stereocenters. The van der Waals surface area contributed by atoms with Crippen LogP contribution in [0.15, 0.2) is 55.6 Å². The molecule has 0 radical (unpaired) electrons. The van der Waals surface area contributed by atoms with Gasteiger partial charge in [-0.25, -0.2) is 0 Å². The van der Waals surface area contributed by atoms with Crippen LogP contribution in [0.3, 0.4) is 0 Å². The van der Waals surface area contributed by atoms with Crippen molar-refractivity contribution in [2.75, 3.05) is 0 Å². The summed E-state index contributed by atoms with van der Waals surface area (Å²) in [6, 6.07) is 11.7. The topological polar surface area (TPSA) is 78.1 Å². The van der Waals surface area contributed by atoms with Gasteiger partial charge in [-0.3, -0.25) is 28.3 Å². The van der Waals surface area contributed by atoms with Crippen LogP contribution in [0.2, 0.25) is 0 Å². The Hall–Kier alpha value is -3.88. The normalized spacial score (nSPS) is 12.8. The molecule has 0 amide bonds. The Morgan fingerprint density at radius 2 is 0.760 bits per heavy atom. The molecule has 0 saturated carbocycles. The summed E-state index contributed by atoms with van der Waals surface area (Å²) in [4.78, 5) is 57.6. The molecule has 3 heterocycles. The van der Waals surface area contributed by atoms with Crippen molar-refractivity contribution in [2.24, 2.45) is 0 Å². The van der Waals surface area contributed by atoms with Gasteiger partial charge in [-0.15, -0.1) is 0 Å². The third-order valence-corrected chi connectivity index (χ3v) is 13.8. The second kappa shape index (κ2) is 13.0. The van der Waals surface area contributed by atoms with Crippen LogP contribution in [0, 0.1) is 0 Å². The lowest BCUT2D eigenvalue weighted by atomic mass is 9.86. The molecule has 8 rings (SSSR count). The average Bonchev–Trinajstić information content (AvgIpc) is 3.13. The zero-order valence-corrected chi connectivity index (χ0v) is 31.1. The fourth-order valence-electron chi connectivity index (χ4n) is 8.87. The highest BCUT2D eigenvalue weighted by Crippen LogP contribution is 2.50. The van der Waals surface area contributed by atoms with Crippen LogP contribution in [-0.4, -0.2) is 9.13 Å². The quantitative estimate of drug-likeness (QED) is 0.0641. The Kier molecular flexibility index (Phi) is 8.67. The molecule has 0 saturated heterocycles. The summed E-state index contributed by atoms with van der Waals surface area (Å²) in [7, 11) is 3.24. The molecule has 0 bridgehead atoms. The average molecular weight is 705 g/mol. The van der Waals surface area contributed by atoms with Crippen LogP contribution in [-0.2, 0) is 0 Å². The van der Waals surface area contributed by atoms with Gasteiger partial charge in [-0.05, 0) is 60.7 Å². The number of fused-ring (bicyclic) bond motifs is 1. The number of pyridine rings is 2. The maximum Gasteiger partial charge on any atom is 0.261 e. The molecule has 0 spiro atoms. The number of hydrogen-bond acceptors (Lipinski definition) is 6. The van der Waals surface area contributed by atoms with Gasteiger partial charge in [0.25, 0.3) is 22.2 Å². The van der Waals surface area contributed by atoms with Crippen molar-refractivity contribution in [3.63, 3.8) is 0 Å². The largest absolute Gasteiger partial charge is 0.271 e. The zero-order valence-electron chi connectivity index (χ0n) is 29.4. The van der Waals surface area contributed by atoms with Gasteiger partial charge in [0.1, 0.15) is 0 Å². The fourth-order valence-corrected chi connectivity index (χ4v) is 11.3. The predicted octanol–water partition coefficient (Wildman–Crippen LogP) is 11.1. The van der Waals surface area contributed by atoms with E-state index in [0.717, 1.165) is 130 Å². The van der Waals surface area contributed by atoms with E-state index in [2.05, 4.69) is 27.7 Å². The number of unbranched alkanes of at least 4 members (excludes halogenated alkanes) is 4. The lowest BCUT2D eigenvalue weighted by molar-refractivity contribution is 0.394. The smallest absolute Gasteiger partial charge is 0.261 e. The van der Waals surface area contributed by atoms with E-state index in [1.165, 1.54) is 0 Å². The standard InChI is InChI=1S/C42H44N2O4S2/c1-5-9-13-23(14-10-6-2)43-39(45)27-19-17-25-26-18-20-28-34-30(42(48)44(40(28)46)24(15-11-7-3)16-12-8-4)22-32-38(36(26)34)37-31(49-50-32)21-29(41(43)47)33(27)35(25)37/h17-24H,5-16H2,1-4H3. The lowest BCUT2D eigenvalue weighted by Gasteiger charge is -2.24. The minimum Gasteiger partial charge on any atom is -0.271 e. The molecule has 0 aliphatic heterocycles. The molecular weight excluding hydrogens is 661 g/mol. The van der Waals surface area contributed by atoms with Crippen LogP contribution in [0.1, 0.15) is 117 Å². The molecule has 5 aromatic carbocycles. The van der Waals surface area contributed by atoms with Crippen LogP contribution in [0.4, 0.5) is 0 Å². The van der Waals surface area contributed by atoms with Gasteiger partial charge in [0.05, 0.1) is 10.8 Å². The first kappa shape index (κ1) is 33.3. The second-order valence-corrected chi connectivity index (χ2v) is 16.6. The molecule has 6 nitrogen and oxygen atoms in total. The minimum atomic E-state index is -0.197. The van der Waals surface area contributed by atoms with E-state index in [1.807, 2.05) is 36.4 Å². The molecule has 8 heteroatoms. The third kappa shape index (κ3) is 4.77. The van der Waals surface area contributed by atoms with Crippen molar-refractivity contribution in [3.05, 3.63) is 77.8 Å². The summed E-state index contributed by atoms with van der Waals surface area (Å²) in [5.41, 5.74) is -0.775. The van der Waals surface area contributed by atoms with E-state index in [4.69, 9.17) is 0 Å². The van der Waals surface area contributed by atoms with Gasteiger partial charge in [-0.2, -0.15) is 0 Å². The Morgan fingerprint density at radius 3 is 1.10 bits per heavy atom. The first-order valence-corrected chi connectivity index (χ1v) is 20.9. The molecule has 0 fully saturated rings. The lowest BCUT2D eigenvalue weighted by Crippen LogP contribution is -2.37. The van der Waals surface area contributed by atoms with Crippen LogP contribution in [0.5, 0.6) is 0 Å². The summed E-state index contributed by atoms with van der Waals surface area (Å²) in [5.74, 6) is 0. The fraction of sp³-hybridized carbons (Fsp3) is 0.429. The van der Waals surface area contributed by atoms with E-state index in [-0.39, 0.29) is 34.3 Å². The van der Waals surface area contributed by atoms with Crippen LogP contribution < -0.4 is 22.2 Å². The zero-order chi connectivity index (χ0) is 34.8. The predicted molar refractivity (Wildman–Crippen MR) is 216 cm³/mol. The summed E-state index contributed by atoms with van der Waals surface area (Å²) >= 11 is 0. The highest BCUT2D eigenvalue weighted by Gasteiger charge is 2.28. The first-order valence-electron chi connectivity index (χ1n) is 18.7. The van der Waals surface area contributed by atoms with Crippen LogP contribution >= 0.6 is 20.7 Å². The summed E-state index contributed by atoms with van der Waals surface area (Å²) in [6.07, 6.45) is 11.2. The van der Waals surface area contributed by atoms with E-state index < -0.39 is 0 Å². The van der Waals surface area contributed by atoms with Gasteiger partial charge in [0, 0.05) is 64.6 Å². The highest BCUT2D eigenvalue weighted by molar-refractivity contribution is 7.74. The summed E-state index contributed by atoms with van der Waals surface area (Å²) in [5, 5.41) is 9.67. The summed E-state index contributed by atoms with van der Waals surface area (Å²) in [6.45, 7) is 8.59. The van der Waals surface area contributed by atoms with Crippen molar-refractivity contribution in [1.29, 1.82) is 0 Å². The monoisotopic (exact) mass is 704 g/mol. The van der Waals surface area contributed by atoms with E-state index in [9.17, 15) is 19.2 Å². The molecule has 8 aromatic rings. The van der Waals surface area contributed by atoms with E-state index >= 15 is 0 Å². The maximum absolute atomic E-state index is 14.5. The van der Waals surface area contributed by atoms with Gasteiger partial charge < -0.3 is 0 Å². The minimum absolute atomic E-state index is 0.120. The van der Waals surface area contributed by atoms with Gasteiger partial charge in [0.2, 0.25) is 0 Å². The Balaban J connectivity index is 1.49. The maximum atomic E-state index is 14.5. The Bertz CT molecular complexity index is 2560. The van der Waals surface area contributed by atoms with Crippen molar-refractivity contribution >= 4 is 94.7 Å². The highest BCUT2D eigenvalue weighted by atomic mass is 32.9. The van der Waals surface area contributed by atoms with Crippen molar-refractivity contribution in [2.45, 2.75) is 117 Å². The van der Waals surface area contributed by atoms with E-state index in [0.29, 0.717) is 21.5 Å². The molecule has 258 valence electrons. The number of benzene rings is 5. The molecule has 0 aliphatic carbocycles. The second-order valence-electron chi connectivity index (χ2n) is 14.4. The number of hydrogen-bond donors (Lipinski definition) is 0. The first-order chi connectivity index (χ1) is 24.4. The van der Waals surface area contributed by atoms with Crippen molar-refractivity contribution in [3.8, 4) is 0 Å². The molecular formula is C42H44N2O4S2. The molecule has 50 heavy (non-hydrogen) atoms. The SMILES string of the molecule is CCCCC(CCCC)n1c(=O)c2ccc3c4ccc5c(=O)n(C(CCCC)CCCC)c(=O)c6cc7ssc8cc(c1=O)c2c3c8c7c4c56. The van der Waals surface area contributed by atoms with Gasteiger partial charge in [0.15, 0.2) is 0 Å². The van der Waals surface area contributed by atoms with Gasteiger partial charge >= 0.3 is 0 Å².